The van der Waals surface area contributed by atoms with E-state index >= 15 is 0 Å². The molecule has 1 unspecified atom stereocenters. The van der Waals surface area contributed by atoms with Crippen LogP contribution in [0.3, 0.4) is 0 Å². The first kappa shape index (κ1) is 25.9. The summed E-state index contributed by atoms with van der Waals surface area (Å²) in [6.45, 7) is 5.33. The molecule has 0 fully saturated rings. The van der Waals surface area contributed by atoms with Gasteiger partial charge in [0.25, 0.3) is 0 Å². The van der Waals surface area contributed by atoms with E-state index in [1.54, 1.807) is 24.3 Å². The maximum absolute atomic E-state index is 13.5. The van der Waals surface area contributed by atoms with Crippen LogP contribution in [-0.2, 0) is 26.2 Å². The van der Waals surface area contributed by atoms with Gasteiger partial charge in [0.2, 0.25) is 21.8 Å². The molecule has 0 heterocycles. The minimum atomic E-state index is -3.73. The molecule has 1 N–H and O–H groups in total. The van der Waals surface area contributed by atoms with Crippen LogP contribution in [0.25, 0.3) is 0 Å². The molecule has 2 aromatic rings. The van der Waals surface area contributed by atoms with Gasteiger partial charge < -0.3 is 10.2 Å². The van der Waals surface area contributed by atoms with Crippen LogP contribution >= 0.6 is 15.9 Å². The number of benzene rings is 2. The summed E-state index contributed by atoms with van der Waals surface area (Å²) in [5, 5.41) is 2.87. The van der Waals surface area contributed by atoms with Gasteiger partial charge in [0.05, 0.1) is 11.9 Å². The van der Waals surface area contributed by atoms with Crippen LogP contribution in [0.5, 0.6) is 0 Å². The summed E-state index contributed by atoms with van der Waals surface area (Å²) < 4.78 is 26.9. The summed E-state index contributed by atoms with van der Waals surface area (Å²) in [6.07, 6.45) is 1.46. The fourth-order valence-electron chi connectivity index (χ4n) is 3.30. The molecule has 32 heavy (non-hydrogen) atoms. The molecule has 0 bridgehead atoms. The van der Waals surface area contributed by atoms with Crippen LogP contribution < -0.4 is 9.62 Å². The topological polar surface area (TPSA) is 86.8 Å². The summed E-state index contributed by atoms with van der Waals surface area (Å²) in [5.41, 5.74) is 1.23. The van der Waals surface area contributed by atoms with Gasteiger partial charge in [0.1, 0.15) is 12.6 Å². The van der Waals surface area contributed by atoms with Gasteiger partial charge in [0, 0.05) is 17.1 Å². The number of carbonyl (C=O) groups excluding carboxylic acids is 2. The number of nitrogens with zero attached hydrogens (tertiary/aromatic N) is 2. The molecule has 174 valence electrons. The number of anilines is 1. The second-order valence-corrected chi connectivity index (χ2v) is 10.7. The van der Waals surface area contributed by atoms with Gasteiger partial charge in [-0.2, -0.15) is 0 Å². The van der Waals surface area contributed by atoms with Crippen molar-refractivity contribution in [1.29, 1.82) is 0 Å². The Morgan fingerprint density at radius 1 is 1.03 bits per heavy atom. The molecule has 2 rings (SSSR count). The summed E-state index contributed by atoms with van der Waals surface area (Å²) in [4.78, 5) is 27.8. The second-order valence-electron chi connectivity index (χ2n) is 7.84. The molecule has 7 nitrogen and oxygen atoms in total. The van der Waals surface area contributed by atoms with E-state index in [-0.39, 0.29) is 18.5 Å². The maximum Gasteiger partial charge on any atom is 0.244 e. The lowest BCUT2D eigenvalue weighted by Gasteiger charge is -2.33. The largest absolute Gasteiger partial charge is 0.352 e. The zero-order valence-corrected chi connectivity index (χ0v) is 21.2. The van der Waals surface area contributed by atoms with Crippen molar-refractivity contribution in [2.75, 3.05) is 17.1 Å². The summed E-state index contributed by atoms with van der Waals surface area (Å²) in [7, 11) is -3.73. The molecule has 0 spiro atoms. The Labute approximate surface area is 199 Å². The average molecular weight is 524 g/mol. The fraction of sp³-hybridized carbons (Fsp3) is 0.391. The van der Waals surface area contributed by atoms with Gasteiger partial charge in [-0.15, -0.1) is 0 Å². The lowest BCUT2D eigenvalue weighted by atomic mass is 10.1. The van der Waals surface area contributed by atoms with Crippen LogP contribution in [0.15, 0.2) is 59.1 Å². The van der Waals surface area contributed by atoms with Gasteiger partial charge in [-0.3, -0.25) is 13.9 Å². The number of nitrogens with one attached hydrogen (secondary N) is 1. The summed E-state index contributed by atoms with van der Waals surface area (Å²) in [5.74, 6) is -0.714. The molecule has 0 aliphatic carbocycles. The van der Waals surface area contributed by atoms with E-state index < -0.39 is 28.5 Å². The maximum atomic E-state index is 13.5. The molecule has 0 saturated carbocycles. The van der Waals surface area contributed by atoms with Crippen LogP contribution in [0.2, 0.25) is 0 Å². The van der Waals surface area contributed by atoms with Gasteiger partial charge in [-0.25, -0.2) is 8.42 Å². The second kappa shape index (κ2) is 11.5. The number of hydrogen-bond acceptors (Lipinski definition) is 4. The van der Waals surface area contributed by atoms with E-state index in [0.717, 1.165) is 20.6 Å². The number of halogens is 1. The zero-order chi connectivity index (χ0) is 23.9. The van der Waals surface area contributed by atoms with Crippen molar-refractivity contribution in [2.45, 2.75) is 45.8 Å². The highest BCUT2D eigenvalue weighted by Crippen LogP contribution is 2.22. The molecule has 0 aliphatic rings. The third-order valence-corrected chi connectivity index (χ3v) is 6.48. The van der Waals surface area contributed by atoms with E-state index in [1.165, 1.54) is 4.90 Å². The molecular formula is C23H30BrN3O4S. The molecular weight excluding hydrogens is 494 g/mol. The molecule has 2 aromatic carbocycles. The highest BCUT2D eigenvalue weighted by atomic mass is 79.9. The number of sulfonamides is 1. The van der Waals surface area contributed by atoms with Gasteiger partial charge in [0.15, 0.2) is 0 Å². The molecule has 2 amide bonds. The quantitative estimate of drug-likeness (QED) is 0.515. The van der Waals surface area contributed by atoms with E-state index in [1.807, 2.05) is 51.1 Å². The minimum Gasteiger partial charge on any atom is -0.352 e. The normalized spacial score (nSPS) is 12.3. The van der Waals surface area contributed by atoms with Crippen molar-refractivity contribution >= 4 is 43.5 Å². The lowest BCUT2D eigenvalue weighted by molar-refractivity contribution is -0.140. The van der Waals surface area contributed by atoms with E-state index in [2.05, 4.69) is 21.2 Å². The van der Waals surface area contributed by atoms with Gasteiger partial charge >= 0.3 is 0 Å². The van der Waals surface area contributed by atoms with Gasteiger partial charge in [-0.05, 0) is 50.1 Å². The van der Waals surface area contributed by atoms with Crippen LogP contribution in [0, 0.1) is 0 Å². The summed E-state index contributed by atoms with van der Waals surface area (Å²) >= 11 is 3.33. The van der Waals surface area contributed by atoms with Crippen LogP contribution in [-0.4, -0.2) is 50.0 Å². The Bertz CT molecular complexity index is 1010. The minimum absolute atomic E-state index is 0.0829. The Morgan fingerprint density at radius 2 is 1.62 bits per heavy atom. The van der Waals surface area contributed by atoms with E-state index in [0.29, 0.717) is 12.1 Å². The Kier molecular flexibility index (Phi) is 9.27. The van der Waals surface area contributed by atoms with Crippen molar-refractivity contribution in [3.63, 3.8) is 0 Å². The van der Waals surface area contributed by atoms with Crippen molar-refractivity contribution in [3.8, 4) is 0 Å². The number of hydrogen-bond donors (Lipinski definition) is 1. The van der Waals surface area contributed by atoms with Crippen molar-refractivity contribution in [2.24, 2.45) is 0 Å². The van der Waals surface area contributed by atoms with Crippen molar-refractivity contribution < 1.29 is 18.0 Å². The van der Waals surface area contributed by atoms with Gasteiger partial charge in [-0.1, -0.05) is 53.2 Å². The van der Waals surface area contributed by atoms with E-state index in [4.69, 9.17) is 0 Å². The standard InChI is InChI=1S/C23H30BrN3O4S/c1-5-21(23(29)25-17(2)3)26(15-18-9-7-6-8-10-18)22(28)16-27(32(4,30)31)20-13-11-19(24)12-14-20/h6-14,17,21H,5,15-16H2,1-4H3,(H,25,29). The first-order chi connectivity index (χ1) is 15.0. The Hall–Kier alpha value is -2.39. The third-order valence-electron chi connectivity index (χ3n) is 4.81. The highest BCUT2D eigenvalue weighted by molar-refractivity contribution is 9.10. The third kappa shape index (κ3) is 7.34. The van der Waals surface area contributed by atoms with Crippen molar-refractivity contribution in [1.82, 2.24) is 10.2 Å². The predicted molar refractivity (Wildman–Crippen MR) is 131 cm³/mol. The number of rotatable bonds is 10. The SMILES string of the molecule is CCC(C(=O)NC(C)C)N(Cc1ccccc1)C(=O)CN(c1ccc(Br)cc1)S(C)(=O)=O. The summed E-state index contributed by atoms with van der Waals surface area (Å²) in [6, 6.07) is 15.2. The van der Waals surface area contributed by atoms with Crippen LogP contribution in [0.4, 0.5) is 5.69 Å². The predicted octanol–water partition coefficient (Wildman–Crippen LogP) is 3.55. The average Bonchev–Trinajstić information content (AvgIpc) is 2.72. The smallest absolute Gasteiger partial charge is 0.244 e. The molecule has 0 saturated heterocycles. The zero-order valence-electron chi connectivity index (χ0n) is 18.8. The first-order valence-electron chi connectivity index (χ1n) is 10.4. The first-order valence-corrected chi connectivity index (χ1v) is 13.0. The molecule has 1 atom stereocenters. The monoisotopic (exact) mass is 523 g/mol. The van der Waals surface area contributed by atoms with Crippen LogP contribution in [0.1, 0.15) is 32.8 Å². The van der Waals surface area contributed by atoms with E-state index in [9.17, 15) is 18.0 Å². The molecule has 9 heteroatoms. The number of amides is 2. The molecule has 0 aliphatic heterocycles. The van der Waals surface area contributed by atoms with Crippen molar-refractivity contribution in [3.05, 3.63) is 64.6 Å². The highest BCUT2D eigenvalue weighted by Gasteiger charge is 2.31. The Morgan fingerprint density at radius 3 is 2.12 bits per heavy atom. The number of carbonyl (C=O) groups is 2. The Balaban J connectivity index is 2.40. The molecule has 0 radical (unpaired) electrons. The fourth-order valence-corrected chi connectivity index (χ4v) is 4.42. The lowest BCUT2D eigenvalue weighted by Crippen LogP contribution is -2.53. The molecule has 0 aromatic heterocycles.